The molecule has 2 rings (SSSR count). The molecule has 2 aliphatic carbocycles. The van der Waals surface area contributed by atoms with E-state index in [0.717, 1.165) is 19.4 Å². The van der Waals surface area contributed by atoms with Gasteiger partial charge < -0.3 is 11.1 Å². The summed E-state index contributed by atoms with van der Waals surface area (Å²) in [6, 6.07) is 0. The molecule has 0 aliphatic heterocycles. The molecule has 86 valence electrons. The summed E-state index contributed by atoms with van der Waals surface area (Å²) in [5, 5.41) is 3.02. The van der Waals surface area contributed by atoms with E-state index in [4.69, 9.17) is 5.73 Å². The highest BCUT2D eigenvalue weighted by atomic mass is 16.2. The largest absolute Gasteiger partial charge is 0.354 e. The van der Waals surface area contributed by atoms with Crippen molar-refractivity contribution >= 4 is 5.91 Å². The maximum atomic E-state index is 11.9. The van der Waals surface area contributed by atoms with Crippen LogP contribution >= 0.6 is 0 Å². The Labute approximate surface area is 91.8 Å². The summed E-state index contributed by atoms with van der Waals surface area (Å²) in [6.45, 7) is 4.90. The molecular formula is C12H22N2O. The standard InChI is InChI=1S/C12H22N2O/c1-11(6-3-7-11)8-14-10(15)12(2,13)9-4-5-9/h9H,3-8,13H2,1-2H3,(H,14,15). The fourth-order valence-corrected chi connectivity index (χ4v) is 2.31. The second kappa shape index (κ2) is 3.48. The van der Waals surface area contributed by atoms with Gasteiger partial charge in [0.05, 0.1) is 5.54 Å². The highest BCUT2D eigenvalue weighted by molar-refractivity contribution is 5.86. The Morgan fingerprint density at radius 3 is 2.53 bits per heavy atom. The maximum absolute atomic E-state index is 11.9. The molecule has 3 nitrogen and oxygen atoms in total. The van der Waals surface area contributed by atoms with Crippen molar-refractivity contribution in [1.82, 2.24) is 5.32 Å². The lowest BCUT2D eigenvalue weighted by Crippen LogP contribution is -2.55. The van der Waals surface area contributed by atoms with Crippen LogP contribution in [0.15, 0.2) is 0 Å². The predicted molar refractivity (Wildman–Crippen MR) is 60.3 cm³/mol. The molecule has 1 amide bonds. The van der Waals surface area contributed by atoms with Crippen LogP contribution in [0.5, 0.6) is 0 Å². The van der Waals surface area contributed by atoms with Gasteiger partial charge >= 0.3 is 0 Å². The van der Waals surface area contributed by atoms with Gasteiger partial charge in [-0.15, -0.1) is 0 Å². The number of amides is 1. The smallest absolute Gasteiger partial charge is 0.240 e. The van der Waals surface area contributed by atoms with E-state index in [-0.39, 0.29) is 5.91 Å². The second-order valence-electron chi connectivity index (χ2n) is 5.90. The van der Waals surface area contributed by atoms with E-state index in [2.05, 4.69) is 12.2 Å². The number of hydrogen-bond donors (Lipinski definition) is 2. The first-order chi connectivity index (χ1) is 6.94. The highest BCUT2D eigenvalue weighted by Gasteiger charge is 2.44. The van der Waals surface area contributed by atoms with Gasteiger partial charge in [-0.3, -0.25) is 4.79 Å². The monoisotopic (exact) mass is 210 g/mol. The van der Waals surface area contributed by atoms with Gasteiger partial charge in [0.2, 0.25) is 5.91 Å². The van der Waals surface area contributed by atoms with Gasteiger partial charge in [-0.2, -0.15) is 0 Å². The zero-order chi connectivity index (χ0) is 11.1. The Morgan fingerprint density at radius 2 is 2.13 bits per heavy atom. The van der Waals surface area contributed by atoms with Crippen LogP contribution in [0, 0.1) is 11.3 Å². The molecule has 1 unspecified atom stereocenters. The number of carbonyl (C=O) groups excluding carboxylic acids is 1. The van der Waals surface area contributed by atoms with E-state index < -0.39 is 5.54 Å². The molecule has 0 saturated heterocycles. The van der Waals surface area contributed by atoms with E-state index in [1.54, 1.807) is 0 Å². The summed E-state index contributed by atoms with van der Waals surface area (Å²) < 4.78 is 0. The lowest BCUT2D eigenvalue weighted by molar-refractivity contribution is -0.127. The fourth-order valence-electron chi connectivity index (χ4n) is 2.31. The van der Waals surface area contributed by atoms with E-state index >= 15 is 0 Å². The Balaban J connectivity index is 1.81. The number of hydrogen-bond acceptors (Lipinski definition) is 2. The quantitative estimate of drug-likeness (QED) is 0.737. The Kier molecular flexibility index (Phi) is 2.53. The molecule has 0 aromatic heterocycles. The molecule has 0 aromatic carbocycles. The summed E-state index contributed by atoms with van der Waals surface area (Å²) in [5.41, 5.74) is 5.75. The summed E-state index contributed by atoms with van der Waals surface area (Å²) in [4.78, 5) is 11.9. The second-order valence-corrected chi connectivity index (χ2v) is 5.90. The number of carbonyl (C=O) groups is 1. The average Bonchev–Trinajstić information content (AvgIpc) is 2.93. The molecule has 0 aromatic rings. The van der Waals surface area contributed by atoms with E-state index in [1.807, 2.05) is 6.92 Å². The van der Waals surface area contributed by atoms with Crippen molar-refractivity contribution in [3.8, 4) is 0 Å². The summed E-state index contributed by atoms with van der Waals surface area (Å²) in [6.07, 6.45) is 5.99. The summed E-state index contributed by atoms with van der Waals surface area (Å²) in [7, 11) is 0. The number of nitrogens with one attached hydrogen (secondary N) is 1. The van der Waals surface area contributed by atoms with Crippen LogP contribution in [0.3, 0.4) is 0 Å². The van der Waals surface area contributed by atoms with Crippen LogP contribution in [-0.2, 0) is 4.79 Å². The van der Waals surface area contributed by atoms with Gasteiger partial charge in [-0.05, 0) is 43.9 Å². The first-order valence-electron chi connectivity index (χ1n) is 6.01. The Morgan fingerprint density at radius 1 is 1.53 bits per heavy atom. The third kappa shape index (κ3) is 2.17. The Hall–Kier alpha value is -0.570. The van der Waals surface area contributed by atoms with Crippen LogP contribution in [0.4, 0.5) is 0 Å². The van der Waals surface area contributed by atoms with Crippen LogP contribution in [0.25, 0.3) is 0 Å². The fraction of sp³-hybridized carbons (Fsp3) is 0.917. The van der Waals surface area contributed by atoms with E-state index in [1.165, 1.54) is 19.3 Å². The molecule has 1 atom stereocenters. The van der Waals surface area contributed by atoms with Crippen molar-refractivity contribution < 1.29 is 4.79 Å². The average molecular weight is 210 g/mol. The highest BCUT2D eigenvalue weighted by Crippen LogP contribution is 2.40. The predicted octanol–water partition coefficient (Wildman–Crippen LogP) is 1.42. The van der Waals surface area contributed by atoms with E-state index in [0.29, 0.717) is 11.3 Å². The first-order valence-corrected chi connectivity index (χ1v) is 6.01. The molecule has 15 heavy (non-hydrogen) atoms. The van der Waals surface area contributed by atoms with E-state index in [9.17, 15) is 4.79 Å². The van der Waals surface area contributed by atoms with Crippen molar-refractivity contribution in [2.24, 2.45) is 17.1 Å². The zero-order valence-corrected chi connectivity index (χ0v) is 9.81. The van der Waals surface area contributed by atoms with Gasteiger partial charge in [-0.1, -0.05) is 13.3 Å². The zero-order valence-electron chi connectivity index (χ0n) is 9.81. The molecule has 2 saturated carbocycles. The summed E-state index contributed by atoms with van der Waals surface area (Å²) >= 11 is 0. The lowest BCUT2D eigenvalue weighted by atomic mass is 9.70. The molecule has 2 fully saturated rings. The normalized spacial score (nSPS) is 27.7. The third-order valence-corrected chi connectivity index (χ3v) is 4.15. The minimum absolute atomic E-state index is 0.0399. The molecule has 0 heterocycles. The molecule has 3 N–H and O–H groups in total. The van der Waals surface area contributed by atoms with Crippen molar-refractivity contribution in [2.45, 2.75) is 51.5 Å². The van der Waals surface area contributed by atoms with Crippen molar-refractivity contribution in [3.05, 3.63) is 0 Å². The lowest BCUT2D eigenvalue weighted by Gasteiger charge is -2.39. The van der Waals surface area contributed by atoms with Crippen LogP contribution in [-0.4, -0.2) is 18.0 Å². The minimum atomic E-state index is -0.639. The SMILES string of the molecule is CC1(CNC(=O)C(C)(N)C2CC2)CCC1. The summed E-state index contributed by atoms with van der Waals surface area (Å²) in [5.74, 6) is 0.449. The van der Waals surface area contributed by atoms with Gasteiger partial charge in [0.15, 0.2) is 0 Å². The van der Waals surface area contributed by atoms with Gasteiger partial charge in [0, 0.05) is 6.54 Å². The molecule has 0 bridgehead atoms. The Bertz CT molecular complexity index is 265. The molecule has 2 aliphatic rings. The topological polar surface area (TPSA) is 55.1 Å². The number of rotatable bonds is 4. The maximum Gasteiger partial charge on any atom is 0.240 e. The van der Waals surface area contributed by atoms with Crippen LogP contribution in [0.1, 0.15) is 46.0 Å². The first kappa shape index (κ1) is 10.9. The third-order valence-electron chi connectivity index (χ3n) is 4.15. The molecule has 0 radical (unpaired) electrons. The van der Waals surface area contributed by atoms with Crippen LogP contribution in [0.2, 0.25) is 0 Å². The van der Waals surface area contributed by atoms with Crippen molar-refractivity contribution in [3.63, 3.8) is 0 Å². The minimum Gasteiger partial charge on any atom is -0.354 e. The molecule has 3 heteroatoms. The molecular weight excluding hydrogens is 188 g/mol. The van der Waals surface area contributed by atoms with Crippen molar-refractivity contribution in [2.75, 3.05) is 6.54 Å². The van der Waals surface area contributed by atoms with Gasteiger partial charge in [-0.25, -0.2) is 0 Å². The van der Waals surface area contributed by atoms with Crippen molar-refractivity contribution in [1.29, 1.82) is 0 Å². The molecule has 0 spiro atoms. The van der Waals surface area contributed by atoms with Gasteiger partial charge in [0.25, 0.3) is 0 Å². The van der Waals surface area contributed by atoms with Crippen LogP contribution < -0.4 is 11.1 Å². The number of nitrogens with two attached hydrogens (primary N) is 1. The van der Waals surface area contributed by atoms with Gasteiger partial charge in [0.1, 0.15) is 0 Å².